The Balaban J connectivity index is 2.07. The Kier molecular flexibility index (Phi) is 7.01. The van der Waals surface area contributed by atoms with Gasteiger partial charge < -0.3 is 14.9 Å². The predicted octanol–water partition coefficient (Wildman–Crippen LogP) is 5.54. The van der Waals surface area contributed by atoms with Gasteiger partial charge in [0.15, 0.2) is 22.8 Å². The first kappa shape index (κ1) is 29.2. The van der Waals surface area contributed by atoms with Gasteiger partial charge >= 0.3 is 0 Å². The molecule has 0 unspecified atom stereocenters. The number of allylic oxidation sites excluding steroid dienone is 4. The van der Waals surface area contributed by atoms with E-state index in [2.05, 4.69) is 0 Å². The topological polar surface area (TPSA) is 101 Å². The van der Waals surface area contributed by atoms with E-state index in [4.69, 9.17) is 4.74 Å². The van der Waals surface area contributed by atoms with Gasteiger partial charge in [-0.2, -0.15) is 0 Å². The first-order valence-electron chi connectivity index (χ1n) is 13.8. The molecule has 1 aliphatic heterocycles. The van der Waals surface area contributed by atoms with Crippen LogP contribution in [0.2, 0.25) is 0 Å². The number of hydrogen-bond donors (Lipinski definition) is 2. The highest BCUT2D eigenvalue weighted by Gasteiger charge is 2.76. The molecule has 0 amide bonds. The molecule has 2 aliphatic carbocycles. The van der Waals surface area contributed by atoms with Gasteiger partial charge in [-0.05, 0) is 65.7 Å². The smallest absolute Gasteiger partial charge is 0.184 e. The summed E-state index contributed by atoms with van der Waals surface area (Å²) in [5.41, 5.74) is -5.12. The zero-order valence-corrected chi connectivity index (χ0v) is 24.4. The van der Waals surface area contributed by atoms with Crippen molar-refractivity contribution in [3.05, 3.63) is 71.0 Å². The van der Waals surface area contributed by atoms with Gasteiger partial charge in [0, 0.05) is 17.6 Å². The maximum absolute atomic E-state index is 15.0. The second-order valence-electron chi connectivity index (χ2n) is 13.5. The predicted molar refractivity (Wildman–Crippen MR) is 150 cm³/mol. The maximum atomic E-state index is 15.0. The van der Waals surface area contributed by atoms with Crippen LogP contribution in [0.3, 0.4) is 0 Å². The van der Waals surface area contributed by atoms with Gasteiger partial charge in [0.05, 0.1) is 16.6 Å². The minimum absolute atomic E-state index is 0.131. The Labute approximate surface area is 231 Å². The molecule has 0 spiro atoms. The monoisotopic (exact) mass is 534 g/mol. The molecular weight excluding hydrogens is 492 g/mol. The van der Waals surface area contributed by atoms with E-state index in [1.54, 1.807) is 64.1 Å². The van der Waals surface area contributed by atoms with Gasteiger partial charge in [-0.15, -0.1) is 0 Å². The summed E-state index contributed by atoms with van der Waals surface area (Å²) in [6, 6.07) is 8.55. The van der Waals surface area contributed by atoms with Crippen LogP contribution < -0.4 is 0 Å². The lowest BCUT2D eigenvalue weighted by atomic mass is 9.39. The van der Waals surface area contributed by atoms with Crippen molar-refractivity contribution < 1.29 is 29.3 Å². The van der Waals surface area contributed by atoms with Crippen LogP contribution in [-0.2, 0) is 14.3 Å². The molecule has 210 valence electrons. The molecule has 0 aromatic heterocycles. The summed E-state index contributed by atoms with van der Waals surface area (Å²) in [4.78, 5) is 44.4. The summed E-state index contributed by atoms with van der Waals surface area (Å²) in [5.74, 6) is -1.58. The quantitative estimate of drug-likeness (QED) is 0.271. The highest BCUT2D eigenvalue weighted by atomic mass is 16.5. The van der Waals surface area contributed by atoms with E-state index < -0.39 is 56.8 Å². The first-order chi connectivity index (χ1) is 17.9. The van der Waals surface area contributed by atoms with Crippen molar-refractivity contribution in [3.63, 3.8) is 0 Å². The van der Waals surface area contributed by atoms with Crippen molar-refractivity contribution in [3.8, 4) is 0 Å². The summed E-state index contributed by atoms with van der Waals surface area (Å²) in [6.07, 6.45) is 5.49. The number of hydrogen-bond acceptors (Lipinski definition) is 6. The zero-order valence-electron chi connectivity index (χ0n) is 24.4. The van der Waals surface area contributed by atoms with E-state index >= 15 is 4.79 Å². The molecule has 1 saturated carbocycles. The van der Waals surface area contributed by atoms with Crippen LogP contribution in [0, 0.1) is 22.2 Å². The summed E-state index contributed by atoms with van der Waals surface area (Å²) in [7, 11) is 0. The number of ketones is 3. The van der Waals surface area contributed by atoms with Gasteiger partial charge in [0.25, 0.3) is 0 Å². The van der Waals surface area contributed by atoms with Gasteiger partial charge in [-0.25, -0.2) is 0 Å². The van der Waals surface area contributed by atoms with E-state index in [0.29, 0.717) is 23.3 Å². The molecule has 6 heteroatoms. The molecular formula is C33H42O6. The van der Waals surface area contributed by atoms with Crippen LogP contribution in [0.25, 0.3) is 0 Å². The third-order valence-electron chi connectivity index (χ3n) is 8.97. The molecule has 4 rings (SSSR count). The third-order valence-corrected chi connectivity index (χ3v) is 8.97. The molecule has 3 aliphatic rings. The highest BCUT2D eigenvalue weighted by molar-refractivity contribution is 6.36. The van der Waals surface area contributed by atoms with E-state index in [9.17, 15) is 19.8 Å². The fourth-order valence-corrected chi connectivity index (χ4v) is 6.61. The summed E-state index contributed by atoms with van der Waals surface area (Å²) in [5, 5.41) is 21.4. The number of carbonyl (C=O) groups excluding carboxylic acids is 3. The number of carbonyl (C=O) groups is 3. The van der Waals surface area contributed by atoms with Gasteiger partial charge in [-0.3, -0.25) is 14.4 Å². The maximum Gasteiger partial charge on any atom is 0.184 e. The average molecular weight is 535 g/mol. The number of rotatable bonds is 7. The van der Waals surface area contributed by atoms with Gasteiger partial charge in [0.2, 0.25) is 0 Å². The number of Topliss-reactive ketones (excluding diaryl/α,β-unsaturated/α-hetero) is 3. The lowest BCUT2D eigenvalue weighted by Gasteiger charge is -2.58. The number of fused-ring (bicyclic) bond motifs is 3. The molecule has 0 radical (unpaired) electrons. The van der Waals surface area contributed by atoms with Crippen molar-refractivity contribution in [2.24, 2.45) is 22.2 Å². The summed E-state index contributed by atoms with van der Waals surface area (Å²) >= 11 is 0. The lowest BCUT2D eigenvalue weighted by Crippen LogP contribution is -2.69. The van der Waals surface area contributed by atoms with Gasteiger partial charge in [-0.1, -0.05) is 68.0 Å². The van der Waals surface area contributed by atoms with Crippen molar-refractivity contribution >= 4 is 17.3 Å². The molecule has 39 heavy (non-hydrogen) atoms. The fraction of sp³-hybridized carbons (Fsp3) is 0.545. The Morgan fingerprint density at radius 2 is 1.69 bits per heavy atom. The second kappa shape index (κ2) is 9.38. The second-order valence-corrected chi connectivity index (χ2v) is 13.5. The van der Waals surface area contributed by atoms with Crippen molar-refractivity contribution in [1.82, 2.24) is 0 Å². The molecule has 2 bridgehead atoms. The highest BCUT2D eigenvalue weighted by Crippen LogP contribution is 2.67. The molecule has 1 heterocycles. The lowest BCUT2D eigenvalue weighted by molar-refractivity contribution is -0.163. The fourth-order valence-electron chi connectivity index (χ4n) is 6.61. The molecule has 1 aromatic rings. The van der Waals surface area contributed by atoms with Crippen molar-refractivity contribution in [2.75, 3.05) is 0 Å². The molecule has 6 nitrogen and oxygen atoms in total. The Hall–Kier alpha value is -2.83. The average Bonchev–Trinajstić information content (AvgIpc) is 3.29. The van der Waals surface area contributed by atoms with Crippen molar-refractivity contribution in [2.45, 2.75) is 92.0 Å². The Bertz CT molecular complexity index is 1280. The van der Waals surface area contributed by atoms with E-state index in [1.807, 2.05) is 39.8 Å². The molecule has 0 saturated heterocycles. The number of ether oxygens (including phenoxy) is 1. The van der Waals surface area contributed by atoms with Crippen LogP contribution in [0.5, 0.6) is 0 Å². The van der Waals surface area contributed by atoms with E-state index in [0.717, 1.165) is 5.57 Å². The van der Waals surface area contributed by atoms with Crippen LogP contribution in [0.1, 0.15) is 85.0 Å². The summed E-state index contributed by atoms with van der Waals surface area (Å²) < 4.78 is 6.36. The third kappa shape index (κ3) is 4.46. The van der Waals surface area contributed by atoms with E-state index in [-0.39, 0.29) is 12.8 Å². The van der Waals surface area contributed by atoms with Crippen LogP contribution in [0.4, 0.5) is 0 Å². The number of aliphatic hydroxyl groups is 2. The van der Waals surface area contributed by atoms with Crippen LogP contribution >= 0.6 is 0 Å². The van der Waals surface area contributed by atoms with E-state index in [1.165, 1.54) is 0 Å². The minimum atomic E-state index is -1.99. The number of benzene rings is 1. The standard InChI is InChI=1S/C33H42O6/c1-20(2)14-17-32-19-22(15-16-29(3,4)37)30(5,6)33(28(32)36,25(34)21-12-10-9-11-13-21)26(35)23-18-24(31(7,8)38)39-27(23)32/h9-16,22,24,37-38H,17-19H2,1-8H3/b16-15+/t22-,24+,32+,33-/m1/s1. The largest absolute Gasteiger partial charge is 0.490 e. The first-order valence-corrected chi connectivity index (χ1v) is 13.8. The van der Waals surface area contributed by atoms with Gasteiger partial charge in [0.1, 0.15) is 11.9 Å². The Morgan fingerprint density at radius 3 is 2.23 bits per heavy atom. The Morgan fingerprint density at radius 1 is 1.08 bits per heavy atom. The molecule has 1 fully saturated rings. The zero-order chi connectivity index (χ0) is 29.2. The molecule has 1 aromatic carbocycles. The molecule has 2 N–H and O–H groups in total. The SMILES string of the molecule is CC(C)=CC[C@]12C[C@@H](/C=C/C(C)(C)O)C(C)(C)[C@](C(=O)c3ccccc3)(C(=O)C3=C1O[C@H](C(C)(C)O)C3)C2=O. The summed E-state index contributed by atoms with van der Waals surface area (Å²) in [6.45, 7) is 14.1. The molecule has 4 atom stereocenters. The minimum Gasteiger partial charge on any atom is -0.490 e. The van der Waals surface area contributed by atoms with Crippen LogP contribution in [0.15, 0.2) is 65.5 Å². The van der Waals surface area contributed by atoms with Crippen LogP contribution in [-0.4, -0.2) is 44.9 Å². The normalized spacial score (nSPS) is 30.3. The van der Waals surface area contributed by atoms with Crippen molar-refractivity contribution in [1.29, 1.82) is 0 Å².